The third-order valence-electron chi connectivity index (χ3n) is 3.38. The van der Waals surface area contributed by atoms with Crippen molar-refractivity contribution >= 4 is 17.7 Å². The zero-order chi connectivity index (χ0) is 12.7. The lowest BCUT2D eigenvalue weighted by Gasteiger charge is -2.33. The van der Waals surface area contributed by atoms with Crippen LogP contribution in [0.15, 0.2) is 0 Å². The van der Waals surface area contributed by atoms with Crippen LogP contribution in [-0.2, 0) is 4.79 Å². The number of thioether (sulfide) groups is 1. The molecule has 1 heterocycles. The number of likely N-dealkylation sites (tertiary alicyclic amines) is 1. The standard InChI is InChI=1S/C13H26N2OS/c1-4-8-14-12-6-5-9-15(13(12)16)10-7-11(2)17-3/h11-12,14H,4-10H2,1-3H3. The molecular formula is C13H26N2OS. The Kier molecular flexibility index (Phi) is 6.97. The maximum Gasteiger partial charge on any atom is 0.239 e. The molecule has 100 valence electrons. The maximum absolute atomic E-state index is 12.2. The lowest BCUT2D eigenvalue weighted by molar-refractivity contribution is -0.136. The van der Waals surface area contributed by atoms with Crippen molar-refractivity contribution in [3.63, 3.8) is 0 Å². The second-order valence-corrected chi connectivity index (χ2v) is 6.09. The van der Waals surface area contributed by atoms with Crippen LogP contribution in [0.3, 0.4) is 0 Å². The molecule has 1 N–H and O–H groups in total. The van der Waals surface area contributed by atoms with Gasteiger partial charge in [-0.25, -0.2) is 0 Å². The molecule has 1 rings (SSSR count). The van der Waals surface area contributed by atoms with Crippen molar-refractivity contribution in [1.82, 2.24) is 10.2 Å². The van der Waals surface area contributed by atoms with Crippen molar-refractivity contribution in [3.05, 3.63) is 0 Å². The highest BCUT2D eigenvalue weighted by Crippen LogP contribution is 2.15. The summed E-state index contributed by atoms with van der Waals surface area (Å²) in [5, 5.41) is 4.00. The Labute approximate surface area is 110 Å². The summed E-state index contributed by atoms with van der Waals surface area (Å²) in [5.74, 6) is 0.318. The molecule has 2 unspecified atom stereocenters. The van der Waals surface area contributed by atoms with Gasteiger partial charge in [-0.3, -0.25) is 4.79 Å². The molecule has 1 aliphatic heterocycles. The fourth-order valence-electron chi connectivity index (χ4n) is 2.13. The summed E-state index contributed by atoms with van der Waals surface area (Å²) >= 11 is 1.88. The predicted octanol–water partition coefficient (Wildman–Crippen LogP) is 2.12. The lowest BCUT2D eigenvalue weighted by atomic mass is 10.0. The zero-order valence-corrected chi connectivity index (χ0v) is 12.2. The number of hydrogen-bond donors (Lipinski definition) is 1. The SMILES string of the molecule is CCCNC1CCCN(CCC(C)SC)C1=O. The van der Waals surface area contributed by atoms with Gasteiger partial charge in [0, 0.05) is 18.3 Å². The molecule has 3 nitrogen and oxygen atoms in total. The first kappa shape index (κ1) is 14.8. The second-order valence-electron chi connectivity index (χ2n) is 4.81. The lowest BCUT2D eigenvalue weighted by Crippen LogP contribution is -2.51. The summed E-state index contributed by atoms with van der Waals surface area (Å²) < 4.78 is 0. The smallest absolute Gasteiger partial charge is 0.239 e. The molecule has 0 bridgehead atoms. The second kappa shape index (κ2) is 7.98. The highest BCUT2D eigenvalue weighted by atomic mass is 32.2. The molecule has 0 radical (unpaired) electrons. The molecule has 0 aromatic carbocycles. The number of rotatable bonds is 7. The molecule has 1 aliphatic rings. The number of nitrogens with zero attached hydrogens (tertiary/aromatic N) is 1. The Bertz CT molecular complexity index is 235. The van der Waals surface area contributed by atoms with Gasteiger partial charge in [0.25, 0.3) is 0 Å². The first-order chi connectivity index (χ1) is 8.19. The van der Waals surface area contributed by atoms with Gasteiger partial charge in [0.1, 0.15) is 0 Å². The van der Waals surface area contributed by atoms with Gasteiger partial charge in [-0.2, -0.15) is 11.8 Å². The van der Waals surface area contributed by atoms with Gasteiger partial charge < -0.3 is 10.2 Å². The summed E-state index contributed by atoms with van der Waals surface area (Å²) in [6.07, 6.45) is 6.48. The number of piperidine rings is 1. The van der Waals surface area contributed by atoms with Gasteiger partial charge in [0.05, 0.1) is 6.04 Å². The average Bonchev–Trinajstić information content (AvgIpc) is 2.35. The van der Waals surface area contributed by atoms with Crippen LogP contribution in [0.1, 0.15) is 39.5 Å². The van der Waals surface area contributed by atoms with E-state index in [0.29, 0.717) is 11.2 Å². The monoisotopic (exact) mass is 258 g/mol. The van der Waals surface area contributed by atoms with E-state index in [1.54, 1.807) is 0 Å². The molecule has 1 saturated heterocycles. The predicted molar refractivity (Wildman–Crippen MR) is 75.5 cm³/mol. The van der Waals surface area contributed by atoms with Crippen LogP contribution in [0, 0.1) is 0 Å². The minimum absolute atomic E-state index is 0.0771. The molecular weight excluding hydrogens is 232 g/mol. The van der Waals surface area contributed by atoms with Gasteiger partial charge in [-0.15, -0.1) is 0 Å². The van der Waals surface area contributed by atoms with E-state index in [2.05, 4.69) is 25.4 Å². The van der Waals surface area contributed by atoms with Gasteiger partial charge in [0.2, 0.25) is 5.91 Å². The summed E-state index contributed by atoms with van der Waals surface area (Å²) in [6.45, 7) is 7.19. The first-order valence-electron chi connectivity index (χ1n) is 6.74. The molecule has 0 saturated carbocycles. The third kappa shape index (κ3) is 4.88. The van der Waals surface area contributed by atoms with E-state index in [0.717, 1.165) is 45.3 Å². The highest BCUT2D eigenvalue weighted by Gasteiger charge is 2.27. The Morgan fingerprint density at radius 3 is 3.00 bits per heavy atom. The Morgan fingerprint density at radius 2 is 2.35 bits per heavy atom. The van der Waals surface area contributed by atoms with E-state index in [-0.39, 0.29) is 6.04 Å². The van der Waals surface area contributed by atoms with Crippen molar-refractivity contribution < 1.29 is 4.79 Å². The van der Waals surface area contributed by atoms with E-state index in [1.165, 1.54) is 0 Å². The van der Waals surface area contributed by atoms with Gasteiger partial charge in [0.15, 0.2) is 0 Å². The molecule has 0 aromatic rings. The van der Waals surface area contributed by atoms with Gasteiger partial charge >= 0.3 is 0 Å². The number of carbonyl (C=O) groups is 1. The van der Waals surface area contributed by atoms with Crippen LogP contribution < -0.4 is 5.32 Å². The van der Waals surface area contributed by atoms with E-state index in [1.807, 2.05) is 16.7 Å². The van der Waals surface area contributed by atoms with Crippen LogP contribution in [0.4, 0.5) is 0 Å². The van der Waals surface area contributed by atoms with Crippen molar-refractivity contribution in [2.24, 2.45) is 0 Å². The quantitative estimate of drug-likeness (QED) is 0.759. The summed E-state index contributed by atoms with van der Waals surface area (Å²) in [5.41, 5.74) is 0. The Hall–Kier alpha value is -0.220. The number of hydrogen-bond acceptors (Lipinski definition) is 3. The Balaban J connectivity index is 2.36. The summed E-state index contributed by atoms with van der Waals surface area (Å²) in [6, 6.07) is 0.0771. The molecule has 17 heavy (non-hydrogen) atoms. The maximum atomic E-state index is 12.2. The minimum atomic E-state index is 0.0771. The van der Waals surface area contributed by atoms with Crippen molar-refractivity contribution in [3.8, 4) is 0 Å². The van der Waals surface area contributed by atoms with E-state index in [4.69, 9.17) is 0 Å². The number of amides is 1. The molecule has 0 aliphatic carbocycles. The molecule has 0 spiro atoms. The molecule has 4 heteroatoms. The fraction of sp³-hybridized carbons (Fsp3) is 0.923. The highest BCUT2D eigenvalue weighted by molar-refractivity contribution is 7.99. The zero-order valence-electron chi connectivity index (χ0n) is 11.4. The first-order valence-corrected chi connectivity index (χ1v) is 8.02. The topological polar surface area (TPSA) is 32.3 Å². The average molecular weight is 258 g/mol. The van der Waals surface area contributed by atoms with Crippen LogP contribution in [0.5, 0.6) is 0 Å². The summed E-state index contributed by atoms with van der Waals surface area (Å²) in [7, 11) is 0. The van der Waals surface area contributed by atoms with Crippen LogP contribution in [-0.4, -0.2) is 48.0 Å². The van der Waals surface area contributed by atoms with Crippen molar-refractivity contribution in [1.29, 1.82) is 0 Å². The third-order valence-corrected chi connectivity index (χ3v) is 4.42. The van der Waals surface area contributed by atoms with E-state index >= 15 is 0 Å². The van der Waals surface area contributed by atoms with E-state index < -0.39 is 0 Å². The van der Waals surface area contributed by atoms with Gasteiger partial charge in [-0.05, 0) is 38.5 Å². The summed E-state index contributed by atoms with van der Waals surface area (Å²) in [4.78, 5) is 14.2. The molecule has 1 amide bonds. The fourth-order valence-corrected chi connectivity index (χ4v) is 2.47. The van der Waals surface area contributed by atoms with Crippen LogP contribution >= 0.6 is 11.8 Å². The normalized spacial score (nSPS) is 22.9. The Morgan fingerprint density at radius 1 is 1.59 bits per heavy atom. The van der Waals surface area contributed by atoms with Crippen LogP contribution in [0.2, 0.25) is 0 Å². The molecule has 1 fully saturated rings. The van der Waals surface area contributed by atoms with Crippen molar-refractivity contribution in [2.75, 3.05) is 25.9 Å². The largest absolute Gasteiger partial charge is 0.341 e. The van der Waals surface area contributed by atoms with Gasteiger partial charge in [-0.1, -0.05) is 13.8 Å². The minimum Gasteiger partial charge on any atom is -0.341 e. The molecule has 0 aromatic heterocycles. The van der Waals surface area contributed by atoms with Crippen molar-refractivity contribution in [2.45, 2.75) is 50.8 Å². The number of carbonyl (C=O) groups excluding carboxylic acids is 1. The molecule has 2 atom stereocenters. The number of nitrogens with one attached hydrogen (secondary N) is 1. The van der Waals surface area contributed by atoms with Crippen LogP contribution in [0.25, 0.3) is 0 Å². The van der Waals surface area contributed by atoms with E-state index in [9.17, 15) is 4.79 Å².